The van der Waals surface area contributed by atoms with Gasteiger partial charge in [0.2, 0.25) is 0 Å². The molecule has 32 heavy (non-hydrogen) atoms. The maximum absolute atomic E-state index is 4.56. The molecule has 0 N–H and O–H groups in total. The third kappa shape index (κ3) is 3.83. The number of hydrogen-bond donors (Lipinski definition) is 0. The number of nitrogens with zero attached hydrogens (tertiary/aromatic N) is 3. The van der Waals surface area contributed by atoms with Crippen LogP contribution in [-0.4, -0.2) is 15.0 Å². The van der Waals surface area contributed by atoms with Gasteiger partial charge in [0.25, 0.3) is 0 Å². The summed E-state index contributed by atoms with van der Waals surface area (Å²) in [5.41, 5.74) is 6.00. The lowest BCUT2D eigenvalue weighted by Crippen LogP contribution is -2.51. The van der Waals surface area contributed by atoms with Gasteiger partial charge in [-0.3, -0.25) is 4.68 Å². The van der Waals surface area contributed by atoms with Crippen molar-refractivity contribution in [3.05, 3.63) is 58.2 Å². The van der Waals surface area contributed by atoms with Crippen LogP contribution in [0.1, 0.15) is 66.2 Å². The van der Waals surface area contributed by atoms with Crippen molar-refractivity contribution >= 4 is 15.9 Å². The smallest absolute Gasteiger partial charge is 0.113 e. The van der Waals surface area contributed by atoms with Gasteiger partial charge in [0.05, 0.1) is 6.20 Å². The molecule has 1 aromatic carbocycles. The zero-order valence-electron chi connectivity index (χ0n) is 19.9. The van der Waals surface area contributed by atoms with Gasteiger partial charge >= 0.3 is 0 Å². The van der Waals surface area contributed by atoms with E-state index in [0.717, 1.165) is 28.2 Å². The summed E-state index contributed by atoms with van der Waals surface area (Å²) in [5.74, 6) is 2.09. The van der Waals surface area contributed by atoms with Crippen molar-refractivity contribution in [3.8, 4) is 11.3 Å². The fourth-order valence-electron chi connectivity index (χ4n) is 7.19. The molecule has 4 atom stereocenters. The summed E-state index contributed by atoms with van der Waals surface area (Å²) in [6.07, 6.45) is 15.1. The number of fused-ring (bicyclic) bond motifs is 3. The van der Waals surface area contributed by atoms with E-state index in [-0.39, 0.29) is 5.41 Å². The number of rotatable bonds is 4. The predicted octanol–water partition coefficient (Wildman–Crippen LogP) is 7.84. The average molecular weight is 495 g/mol. The Kier molecular flexibility index (Phi) is 5.72. The Balaban J connectivity index is 1.41. The topological polar surface area (TPSA) is 30.7 Å². The van der Waals surface area contributed by atoms with Crippen molar-refractivity contribution < 1.29 is 0 Å². The molecule has 1 heterocycles. The molecule has 3 aliphatic rings. The molecule has 0 amide bonds. The first-order valence-corrected chi connectivity index (χ1v) is 13.1. The molecule has 0 bridgehead atoms. The molecule has 3 nitrogen and oxygen atoms in total. The molecule has 5 rings (SSSR count). The Bertz CT molecular complexity index is 1060. The third-order valence-electron chi connectivity index (χ3n) is 8.89. The number of hydrogen-bond acceptors (Lipinski definition) is 2. The Morgan fingerprint density at radius 1 is 1.22 bits per heavy atom. The summed E-state index contributed by atoms with van der Waals surface area (Å²) >= 11 is 3.57. The van der Waals surface area contributed by atoms with E-state index in [1.807, 2.05) is 6.07 Å². The largest absolute Gasteiger partial charge is 0.251 e. The van der Waals surface area contributed by atoms with E-state index in [1.54, 1.807) is 11.1 Å². The Hall–Kier alpha value is -1.68. The molecule has 4 heteroatoms. The summed E-state index contributed by atoms with van der Waals surface area (Å²) in [4.78, 5) is 0. The fourth-order valence-corrected chi connectivity index (χ4v) is 7.59. The summed E-state index contributed by atoms with van der Waals surface area (Å²) < 4.78 is 3.19. The van der Waals surface area contributed by atoms with Crippen LogP contribution in [0.15, 0.2) is 58.2 Å². The van der Waals surface area contributed by atoms with Gasteiger partial charge < -0.3 is 0 Å². The lowest BCUT2D eigenvalue weighted by molar-refractivity contribution is -0.0588. The van der Waals surface area contributed by atoms with E-state index in [0.29, 0.717) is 17.3 Å². The highest BCUT2D eigenvalue weighted by Crippen LogP contribution is 2.62. The summed E-state index contributed by atoms with van der Waals surface area (Å²) in [5, 5.41) is 9.07. The molecule has 0 saturated heterocycles. The summed E-state index contributed by atoms with van der Waals surface area (Å²) in [6, 6.07) is 8.33. The van der Waals surface area contributed by atoms with Crippen LogP contribution in [-0.2, 0) is 6.54 Å². The average Bonchev–Trinajstić information content (AvgIpc) is 3.21. The van der Waals surface area contributed by atoms with E-state index in [2.05, 4.69) is 95.2 Å². The zero-order chi connectivity index (χ0) is 22.5. The van der Waals surface area contributed by atoms with Crippen molar-refractivity contribution in [1.82, 2.24) is 15.0 Å². The molecule has 1 aromatic heterocycles. The maximum Gasteiger partial charge on any atom is 0.113 e. The first kappa shape index (κ1) is 22.1. The second-order valence-electron chi connectivity index (χ2n) is 11.3. The molecule has 2 aromatic rings. The molecule has 2 unspecified atom stereocenters. The summed E-state index contributed by atoms with van der Waals surface area (Å²) in [6.45, 7) is 10.8. The minimum absolute atomic E-state index is 0.249. The monoisotopic (exact) mass is 493 g/mol. The van der Waals surface area contributed by atoms with Crippen molar-refractivity contribution in [2.24, 2.45) is 28.6 Å². The fraction of sp³-hybridized carbons (Fsp3) is 0.571. The van der Waals surface area contributed by atoms with Gasteiger partial charge in [0.1, 0.15) is 5.69 Å². The number of allylic oxidation sites excluding steroid dienone is 4. The molecule has 0 aliphatic heterocycles. The molecular formula is C28H36BrN3. The van der Waals surface area contributed by atoms with Crippen molar-refractivity contribution in [1.29, 1.82) is 0 Å². The van der Waals surface area contributed by atoms with Gasteiger partial charge in [-0.25, -0.2) is 0 Å². The molecule has 0 spiro atoms. The van der Waals surface area contributed by atoms with Gasteiger partial charge in [0, 0.05) is 16.6 Å². The highest BCUT2D eigenvalue weighted by molar-refractivity contribution is 9.10. The highest BCUT2D eigenvalue weighted by atomic mass is 79.9. The molecule has 3 aliphatic carbocycles. The van der Waals surface area contributed by atoms with Crippen LogP contribution < -0.4 is 0 Å². The van der Waals surface area contributed by atoms with Crippen molar-refractivity contribution in [2.75, 3.05) is 0 Å². The third-order valence-corrected chi connectivity index (χ3v) is 9.38. The SMILES string of the molecule is CC(C)C1=CC2=CCC3[C@](C)(Cn4cc(-c5cccc(Br)c5)nn4)CCC[C@]3(C)C2CC1. The number of benzene rings is 1. The molecule has 1 fully saturated rings. The van der Waals surface area contributed by atoms with E-state index in [1.165, 1.54) is 38.5 Å². The minimum atomic E-state index is 0.249. The second-order valence-corrected chi connectivity index (χ2v) is 12.2. The van der Waals surface area contributed by atoms with Crippen LogP contribution in [0.2, 0.25) is 0 Å². The molecule has 0 radical (unpaired) electrons. The molecule has 1 saturated carbocycles. The van der Waals surface area contributed by atoms with Crippen LogP contribution in [0.5, 0.6) is 0 Å². The van der Waals surface area contributed by atoms with Crippen LogP contribution in [0, 0.1) is 28.6 Å². The van der Waals surface area contributed by atoms with Crippen LogP contribution in [0.4, 0.5) is 0 Å². The first-order valence-electron chi connectivity index (χ1n) is 12.4. The lowest BCUT2D eigenvalue weighted by atomic mass is 9.47. The Labute approximate surface area is 201 Å². The standard InChI is InChI=1S/C28H36BrN3/c1-19(2)20-9-11-24-21(15-20)10-12-26-27(3,13-6-14-28(24,26)4)18-32-17-25(30-31-32)22-7-5-8-23(29)16-22/h5,7-8,10,15-17,19,24,26H,6,9,11-14,18H2,1-4H3/t24?,26?,27-,28+/m0/s1. The van der Waals surface area contributed by atoms with Crippen molar-refractivity contribution in [2.45, 2.75) is 72.8 Å². The number of aromatic nitrogens is 3. The van der Waals surface area contributed by atoms with Crippen LogP contribution >= 0.6 is 15.9 Å². The highest BCUT2D eigenvalue weighted by Gasteiger charge is 2.54. The van der Waals surface area contributed by atoms with Crippen LogP contribution in [0.3, 0.4) is 0 Å². The first-order chi connectivity index (χ1) is 15.3. The normalized spacial score (nSPS) is 32.2. The van der Waals surface area contributed by atoms with Crippen LogP contribution in [0.25, 0.3) is 11.3 Å². The van der Waals surface area contributed by atoms with E-state index in [9.17, 15) is 0 Å². The lowest BCUT2D eigenvalue weighted by Gasteiger charge is -2.58. The quantitative estimate of drug-likeness (QED) is 0.433. The maximum atomic E-state index is 4.56. The second kappa shape index (κ2) is 8.27. The predicted molar refractivity (Wildman–Crippen MR) is 135 cm³/mol. The van der Waals surface area contributed by atoms with Gasteiger partial charge in [-0.15, -0.1) is 5.10 Å². The Morgan fingerprint density at radius 3 is 2.84 bits per heavy atom. The van der Waals surface area contributed by atoms with E-state index < -0.39 is 0 Å². The van der Waals surface area contributed by atoms with E-state index in [4.69, 9.17) is 0 Å². The van der Waals surface area contributed by atoms with Crippen molar-refractivity contribution in [3.63, 3.8) is 0 Å². The van der Waals surface area contributed by atoms with E-state index >= 15 is 0 Å². The summed E-state index contributed by atoms with van der Waals surface area (Å²) in [7, 11) is 0. The molecule has 170 valence electrons. The molecular weight excluding hydrogens is 458 g/mol. The minimum Gasteiger partial charge on any atom is -0.251 e. The van der Waals surface area contributed by atoms with Gasteiger partial charge in [-0.05, 0) is 78.4 Å². The van der Waals surface area contributed by atoms with Gasteiger partial charge in [-0.2, -0.15) is 0 Å². The van der Waals surface area contributed by atoms with Gasteiger partial charge in [-0.1, -0.05) is 85.1 Å². The Morgan fingerprint density at radius 2 is 2.06 bits per heavy atom. The number of halogens is 1. The van der Waals surface area contributed by atoms with Gasteiger partial charge in [0.15, 0.2) is 0 Å². The zero-order valence-corrected chi connectivity index (χ0v) is 21.5.